The molecule has 0 aliphatic heterocycles. The maximum absolute atomic E-state index is 10.4. The lowest BCUT2D eigenvalue weighted by Gasteiger charge is -2.20. The topological polar surface area (TPSA) is 52.4 Å². The van der Waals surface area contributed by atoms with E-state index in [9.17, 15) is 5.11 Å². The van der Waals surface area contributed by atoms with Crippen LogP contribution in [0.25, 0.3) is 0 Å². The van der Waals surface area contributed by atoms with Crippen molar-refractivity contribution < 1.29 is 24.2 Å². The fourth-order valence-electron chi connectivity index (χ4n) is 3.54. The molecular formula is C22H32NO4+. The maximum Gasteiger partial charge on any atom is 0.203 e. The second kappa shape index (κ2) is 9.00. The van der Waals surface area contributed by atoms with Gasteiger partial charge in [-0.2, -0.15) is 0 Å². The number of nitrogens with one attached hydrogen (secondary N) is 1. The van der Waals surface area contributed by atoms with Crippen molar-refractivity contribution in [2.45, 2.75) is 39.8 Å². The van der Waals surface area contributed by atoms with Crippen LogP contribution in [-0.4, -0.2) is 33.5 Å². The summed E-state index contributed by atoms with van der Waals surface area (Å²) in [6.45, 7) is 7.84. The summed E-state index contributed by atoms with van der Waals surface area (Å²) in [7, 11) is 6.96. The number of rotatable bonds is 8. The molecule has 0 aliphatic carbocycles. The standard InChI is InChI=1S/C22H31NO4/c1-14(2)18-11-17(19(24)10-15(18)3)13-23(4)12-16-8-9-20(25-5)22(27-7)21(16)26-6/h8-11,14,24H,12-13H2,1-7H3/p+1. The van der Waals surface area contributed by atoms with Gasteiger partial charge in [-0.15, -0.1) is 0 Å². The van der Waals surface area contributed by atoms with Crippen LogP contribution in [0.2, 0.25) is 0 Å². The van der Waals surface area contributed by atoms with Crippen molar-refractivity contribution in [1.29, 1.82) is 0 Å². The molecular weight excluding hydrogens is 342 g/mol. The normalized spacial score (nSPS) is 12.1. The highest BCUT2D eigenvalue weighted by molar-refractivity contribution is 5.55. The van der Waals surface area contributed by atoms with Crippen LogP contribution in [0, 0.1) is 6.92 Å². The number of methoxy groups -OCH3 is 3. The average Bonchev–Trinajstić information content (AvgIpc) is 2.62. The fraction of sp³-hybridized carbons (Fsp3) is 0.455. The van der Waals surface area contributed by atoms with Crippen LogP contribution in [0.5, 0.6) is 23.0 Å². The first-order valence-corrected chi connectivity index (χ1v) is 9.23. The molecule has 1 unspecified atom stereocenters. The van der Waals surface area contributed by atoms with E-state index in [0.29, 0.717) is 35.5 Å². The van der Waals surface area contributed by atoms with Gasteiger partial charge in [0, 0.05) is 5.56 Å². The van der Waals surface area contributed by atoms with Gasteiger partial charge in [0.05, 0.1) is 33.9 Å². The Labute approximate surface area is 162 Å². The van der Waals surface area contributed by atoms with E-state index >= 15 is 0 Å². The molecule has 2 aromatic carbocycles. The van der Waals surface area contributed by atoms with Crippen LogP contribution in [0.15, 0.2) is 24.3 Å². The van der Waals surface area contributed by atoms with Gasteiger partial charge in [-0.1, -0.05) is 13.8 Å². The Balaban J connectivity index is 2.26. The minimum atomic E-state index is 0.357. The summed E-state index contributed by atoms with van der Waals surface area (Å²) in [5, 5.41) is 10.4. The van der Waals surface area contributed by atoms with Crippen molar-refractivity contribution in [3.8, 4) is 23.0 Å². The Hall–Kier alpha value is -2.40. The first-order chi connectivity index (χ1) is 12.8. The predicted octanol–water partition coefficient (Wildman–Crippen LogP) is 3.06. The maximum atomic E-state index is 10.4. The lowest BCUT2D eigenvalue weighted by Crippen LogP contribution is -3.06. The van der Waals surface area contributed by atoms with E-state index in [-0.39, 0.29) is 0 Å². The molecule has 0 bridgehead atoms. The summed E-state index contributed by atoms with van der Waals surface area (Å²) in [4.78, 5) is 1.23. The van der Waals surface area contributed by atoms with Gasteiger partial charge in [0.25, 0.3) is 0 Å². The number of phenols is 1. The monoisotopic (exact) mass is 374 g/mol. The minimum Gasteiger partial charge on any atom is -0.507 e. The van der Waals surface area contributed by atoms with Crippen LogP contribution in [0.1, 0.15) is 42.0 Å². The summed E-state index contributed by atoms with van der Waals surface area (Å²) in [6.07, 6.45) is 0. The van der Waals surface area contributed by atoms with Gasteiger partial charge >= 0.3 is 0 Å². The summed E-state index contributed by atoms with van der Waals surface area (Å²) in [6, 6.07) is 7.89. The quantitative estimate of drug-likeness (QED) is 0.746. The number of phenolic OH excluding ortho intramolecular Hbond substituents is 1. The number of benzene rings is 2. The molecule has 0 aromatic heterocycles. The van der Waals surface area contributed by atoms with Crippen LogP contribution in [0.4, 0.5) is 0 Å². The third-order valence-corrected chi connectivity index (χ3v) is 4.86. The van der Waals surface area contributed by atoms with Crippen LogP contribution < -0.4 is 19.1 Å². The van der Waals surface area contributed by atoms with E-state index in [1.165, 1.54) is 10.5 Å². The van der Waals surface area contributed by atoms with E-state index in [0.717, 1.165) is 23.2 Å². The van der Waals surface area contributed by atoms with Gasteiger partial charge in [0.2, 0.25) is 5.75 Å². The molecule has 148 valence electrons. The molecule has 27 heavy (non-hydrogen) atoms. The Kier molecular flexibility index (Phi) is 6.97. The highest BCUT2D eigenvalue weighted by Gasteiger charge is 2.19. The molecule has 0 saturated heterocycles. The number of hydrogen-bond donors (Lipinski definition) is 2. The molecule has 5 heteroatoms. The van der Waals surface area contributed by atoms with Gasteiger partial charge in [-0.3, -0.25) is 0 Å². The molecule has 0 radical (unpaired) electrons. The Bertz CT molecular complexity index is 786. The number of aryl methyl sites for hydroxylation is 1. The van der Waals surface area contributed by atoms with Gasteiger partial charge in [0.1, 0.15) is 18.8 Å². The van der Waals surface area contributed by atoms with E-state index in [1.807, 2.05) is 25.1 Å². The van der Waals surface area contributed by atoms with Crippen LogP contribution >= 0.6 is 0 Å². The second-order valence-corrected chi connectivity index (χ2v) is 7.30. The zero-order chi connectivity index (χ0) is 20.1. The van der Waals surface area contributed by atoms with E-state index < -0.39 is 0 Å². The van der Waals surface area contributed by atoms with E-state index in [2.05, 4.69) is 27.0 Å². The number of hydrogen-bond acceptors (Lipinski definition) is 4. The SMILES string of the molecule is COc1ccc(C[NH+](C)Cc2cc(C(C)C)c(C)cc2O)c(OC)c1OC. The lowest BCUT2D eigenvalue weighted by atomic mass is 9.95. The number of ether oxygens (including phenoxy) is 3. The molecule has 1 atom stereocenters. The van der Waals surface area contributed by atoms with E-state index in [4.69, 9.17) is 14.2 Å². The molecule has 5 nitrogen and oxygen atoms in total. The molecule has 0 amide bonds. The highest BCUT2D eigenvalue weighted by Crippen LogP contribution is 2.39. The predicted molar refractivity (Wildman–Crippen MR) is 107 cm³/mol. The van der Waals surface area contributed by atoms with Gasteiger partial charge in [-0.05, 0) is 48.2 Å². The van der Waals surface area contributed by atoms with Crippen molar-refractivity contribution in [2.75, 3.05) is 28.4 Å². The smallest absolute Gasteiger partial charge is 0.203 e. The summed E-state index contributed by atoms with van der Waals surface area (Å²) >= 11 is 0. The largest absolute Gasteiger partial charge is 0.507 e. The lowest BCUT2D eigenvalue weighted by molar-refractivity contribution is -0.907. The Morgan fingerprint density at radius 2 is 1.56 bits per heavy atom. The summed E-state index contributed by atoms with van der Waals surface area (Å²) in [5.41, 5.74) is 4.40. The highest BCUT2D eigenvalue weighted by atomic mass is 16.5. The van der Waals surface area contributed by atoms with Crippen molar-refractivity contribution in [3.05, 3.63) is 46.5 Å². The fourth-order valence-corrected chi connectivity index (χ4v) is 3.54. The average molecular weight is 375 g/mol. The van der Waals surface area contributed by atoms with Crippen molar-refractivity contribution >= 4 is 0 Å². The zero-order valence-electron chi connectivity index (χ0n) is 17.5. The first-order valence-electron chi connectivity index (χ1n) is 9.23. The van der Waals surface area contributed by atoms with E-state index in [1.54, 1.807) is 21.3 Å². The molecule has 0 spiro atoms. The van der Waals surface area contributed by atoms with Crippen molar-refractivity contribution in [2.24, 2.45) is 0 Å². The van der Waals surface area contributed by atoms with Gasteiger partial charge < -0.3 is 24.2 Å². The second-order valence-electron chi connectivity index (χ2n) is 7.30. The Morgan fingerprint density at radius 1 is 0.926 bits per heavy atom. The molecule has 2 aromatic rings. The van der Waals surface area contributed by atoms with Crippen molar-refractivity contribution in [1.82, 2.24) is 0 Å². The van der Waals surface area contributed by atoms with Crippen molar-refractivity contribution in [3.63, 3.8) is 0 Å². The summed E-state index contributed by atoms with van der Waals surface area (Å²) in [5.74, 6) is 2.72. The summed E-state index contributed by atoms with van der Waals surface area (Å²) < 4.78 is 16.4. The Morgan fingerprint density at radius 3 is 2.11 bits per heavy atom. The molecule has 0 saturated carbocycles. The molecule has 2 N–H and O–H groups in total. The molecule has 2 rings (SSSR count). The van der Waals surface area contributed by atoms with Gasteiger partial charge in [0.15, 0.2) is 11.5 Å². The third kappa shape index (κ3) is 4.66. The zero-order valence-corrected chi connectivity index (χ0v) is 17.5. The first kappa shape index (κ1) is 20.9. The molecule has 0 aliphatic rings. The minimum absolute atomic E-state index is 0.357. The number of quaternary nitrogens is 1. The molecule has 0 heterocycles. The van der Waals surface area contributed by atoms with Crippen LogP contribution in [0.3, 0.4) is 0 Å². The van der Waals surface area contributed by atoms with Crippen LogP contribution in [-0.2, 0) is 13.1 Å². The third-order valence-electron chi connectivity index (χ3n) is 4.86. The number of aromatic hydroxyl groups is 1. The van der Waals surface area contributed by atoms with Gasteiger partial charge in [-0.25, -0.2) is 0 Å². The molecule has 0 fully saturated rings.